The van der Waals surface area contributed by atoms with E-state index in [9.17, 15) is 10.1 Å². The van der Waals surface area contributed by atoms with Gasteiger partial charge in [-0.2, -0.15) is 0 Å². The summed E-state index contributed by atoms with van der Waals surface area (Å²) in [5.74, 6) is 0. The lowest BCUT2D eigenvalue weighted by Gasteiger charge is -2.27. The van der Waals surface area contributed by atoms with Gasteiger partial charge in [-0.25, -0.2) is 0 Å². The van der Waals surface area contributed by atoms with E-state index in [2.05, 4.69) is 9.98 Å². The first kappa shape index (κ1) is 10.4. The number of nitro groups is 1. The van der Waals surface area contributed by atoms with Crippen LogP contribution in [0.4, 0.5) is 5.69 Å². The average molecular weight is 231 g/mol. The summed E-state index contributed by atoms with van der Waals surface area (Å²) >= 11 is 0. The molecule has 1 aliphatic carbocycles. The zero-order chi connectivity index (χ0) is 11.9. The number of hydrogen-bond acceptors (Lipinski definition) is 4. The van der Waals surface area contributed by atoms with Crippen molar-refractivity contribution < 1.29 is 4.92 Å². The molecule has 1 aliphatic heterocycles. The minimum absolute atomic E-state index is 0.0931. The number of benzene rings is 1. The van der Waals surface area contributed by atoms with E-state index in [0.717, 1.165) is 31.0 Å². The fourth-order valence-corrected chi connectivity index (χ4v) is 2.62. The molecule has 1 saturated carbocycles. The highest BCUT2D eigenvalue weighted by atomic mass is 16.6. The van der Waals surface area contributed by atoms with Crippen LogP contribution in [-0.2, 0) is 0 Å². The molecule has 0 amide bonds. The Hall–Kier alpha value is -1.78. The molecule has 1 heterocycles. The Morgan fingerprint density at radius 1 is 1.12 bits per heavy atom. The zero-order valence-corrected chi connectivity index (χ0v) is 9.43. The maximum Gasteiger partial charge on any atom is 0.271 e. The van der Waals surface area contributed by atoms with Crippen LogP contribution >= 0.6 is 0 Å². The fourth-order valence-electron chi connectivity index (χ4n) is 2.62. The van der Waals surface area contributed by atoms with Gasteiger partial charge in [0.25, 0.3) is 5.69 Å². The predicted molar refractivity (Wildman–Crippen MR) is 61.2 cm³/mol. The minimum Gasteiger partial charge on any atom is -0.258 e. The van der Waals surface area contributed by atoms with E-state index in [1.54, 1.807) is 6.07 Å². The lowest BCUT2D eigenvalue weighted by atomic mass is 9.90. The van der Waals surface area contributed by atoms with Gasteiger partial charge in [0.05, 0.1) is 15.6 Å². The van der Waals surface area contributed by atoms with Crippen LogP contribution in [0.2, 0.25) is 0 Å². The second-order valence-corrected chi connectivity index (χ2v) is 4.70. The maximum absolute atomic E-state index is 10.7. The molecule has 0 saturated heterocycles. The van der Waals surface area contributed by atoms with Crippen LogP contribution in [0, 0.1) is 10.1 Å². The molecule has 0 atom stereocenters. The molecule has 0 radical (unpaired) electrons. The SMILES string of the molecule is O=[N+]([O-])c1ccc2c(c1)=NC1(CCCCC1)N=2. The van der Waals surface area contributed by atoms with Crippen LogP contribution in [0.3, 0.4) is 0 Å². The van der Waals surface area contributed by atoms with Crippen molar-refractivity contribution in [2.75, 3.05) is 0 Å². The summed E-state index contributed by atoms with van der Waals surface area (Å²) in [4.78, 5) is 19.6. The Bertz CT molecular complexity index is 588. The van der Waals surface area contributed by atoms with Gasteiger partial charge in [0.2, 0.25) is 0 Å². The Morgan fingerprint density at radius 2 is 1.82 bits per heavy atom. The molecular formula is C12H13N3O2. The lowest BCUT2D eigenvalue weighted by Crippen LogP contribution is -2.25. The van der Waals surface area contributed by atoms with Crippen molar-refractivity contribution in [2.45, 2.75) is 37.8 Å². The second kappa shape index (κ2) is 3.61. The van der Waals surface area contributed by atoms with Gasteiger partial charge in [0.1, 0.15) is 0 Å². The van der Waals surface area contributed by atoms with Crippen molar-refractivity contribution in [1.82, 2.24) is 0 Å². The Kier molecular flexibility index (Phi) is 2.21. The third kappa shape index (κ3) is 1.71. The summed E-state index contributed by atoms with van der Waals surface area (Å²) in [6.07, 6.45) is 5.46. The molecule has 0 N–H and O–H groups in total. The van der Waals surface area contributed by atoms with E-state index in [1.807, 2.05) is 0 Å². The molecule has 3 rings (SSSR count). The summed E-state index contributed by atoms with van der Waals surface area (Å²) in [5.41, 5.74) is -0.217. The largest absolute Gasteiger partial charge is 0.271 e. The van der Waals surface area contributed by atoms with Crippen molar-refractivity contribution >= 4 is 5.69 Å². The van der Waals surface area contributed by atoms with E-state index in [4.69, 9.17) is 0 Å². The van der Waals surface area contributed by atoms with Crippen molar-refractivity contribution in [1.29, 1.82) is 0 Å². The number of rotatable bonds is 1. The van der Waals surface area contributed by atoms with Gasteiger partial charge >= 0.3 is 0 Å². The van der Waals surface area contributed by atoms with Gasteiger partial charge in [-0.1, -0.05) is 6.42 Å². The summed E-state index contributed by atoms with van der Waals surface area (Å²) in [5, 5.41) is 12.2. The van der Waals surface area contributed by atoms with Gasteiger partial charge in [0, 0.05) is 12.1 Å². The molecule has 1 aromatic carbocycles. The van der Waals surface area contributed by atoms with Crippen molar-refractivity contribution in [3.8, 4) is 0 Å². The summed E-state index contributed by atoms with van der Waals surface area (Å²) in [7, 11) is 0. The Labute approximate surface area is 98.1 Å². The first-order valence-electron chi connectivity index (χ1n) is 5.93. The third-order valence-electron chi connectivity index (χ3n) is 3.48. The molecule has 0 aromatic heterocycles. The number of nitro benzene ring substituents is 1. The fraction of sp³-hybridized carbons (Fsp3) is 0.500. The highest BCUT2D eigenvalue weighted by molar-refractivity contribution is 5.29. The van der Waals surface area contributed by atoms with Crippen LogP contribution in [0.1, 0.15) is 32.1 Å². The van der Waals surface area contributed by atoms with Gasteiger partial charge in [0.15, 0.2) is 5.66 Å². The lowest BCUT2D eigenvalue weighted by molar-refractivity contribution is -0.385. The first-order valence-corrected chi connectivity index (χ1v) is 5.93. The van der Waals surface area contributed by atoms with Gasteiger partial charge in [-0.3, -0.25) is 20.1 Å². The molecule has 2 aliphatic rings. The maximum atomic E-state index is 10.7. The van der Waals surface area contributed by atoms with Crippen LogP contribution < -0.4 is 10.7 Å². The second-order valence-electron chi connectivity index (χ2n) is 4.70. The monoisotopic (exact) mass is 231 g/mol. The van der Waals surface area contributed by atoms with E-state index in [-0.39, 0.29) is 16.3 Å². The number of hydrogen-bond donors (Lipinski definition) is 0. The van der Waals surface area contributed by atoms with E-state index >= 15 is 0 Å². The van der Waals surface area contributed by atoms with Crippen LogP contribution in [0.15, 0.2) is 28.2 Å². The van der Waals surface area contributed by atoms with Gasteiger partial charge < -0.3 is 0 Å². The van der Waals surface area contributed by atoms with Crippen LogP contribution in [-0.4, -0.2) is 10.6 Å². The van der Waals surface area contributed by atoms with Crippen molar-refractivity contribution in [3.63, 3.8) is 0 Å². The van der Waals surface area contributed by atoms with Gasteiger partial charge in [-0.05, 0) is 31.7 Å². The summed E-state index contributed by atoms with van der Waals surface area (Å²) < 4.78 is 0. The predicted octanol–water partition coefficient (Wildman–Crippen LogP) is 1.51. The Balaban J connectivity index is 2.09. The van der Waals surface area contributed by atoms with E-state index in [0.29, 0.717) is 5.36 Å². The molecule has 1 spiro atoms. The normalized spacial score (nSPS) is 20.5. The number of fused-ring (bicyclic) bond motifs is 1. The zero-order valence-electron chi connectivity index (χ0n) is 9.43. The molecule has 5 heteroatoms. The molecule has 0 unspecified atom stereocenters. The average Bonchev–Trinajstić information content (AvgIpc) is 2.66. The first-order chi connectivity index (χ1) is 8.19. The third-order valence-corrected chi connectivity index (χ3v) is 3.48. The molecular weight excluding hydrogens is 218 g/mol. The topological polar surface area (TPSA) is 67.9 Å². The Morgan fingerprint density at radius 3 is 2.53 bits per heavy atom. The number of nitrogens with zero attached hydrogens (tertiary/aromatic N) is 3. The summed E-state index contributed by atoms with van der Waals surface area (Å²) in [6, 6.07) is 4.74. The summed E-state index contributed by atoms with van der Waals surface area (Å²) in [6.45, 7) is 0. The molecule has 88 valence electrons. The smallest absolute Gasteiger partial charge is 0.258 e. The van der Waals surface area contributed by atoms with Crippen molar-refractivity contribution in [3.05, 3.63) is 39.0 Å². The standard InChI is InChI=1S/C12H13N3O2/c16-15(17)9-4-5-10-11(8-9)14-12(13-10)6-2-1-3-7-12/h4-5,8H,1-3,6-7H2. The molecule has 1 aromatic rings. The van der Waals surface area contributed by atoms with Gasteiger partial charge in [-0.15, -0.1) is 0 Å². The quantitative estimate of drug-likeness (QED) is 0.543. The molecule has 1 fully saturated rings. The highest BCUT2D eigenvalue weighted by Gasteiger charge is 2.32. The van der Waals surface area contributed by atoms with E-state index < -0.39 is 0 Å². The highest BCUT2D eigenvalue weighted by Crippen LogP contribution is 2.33. The van der Waals surface area contributed by atoms with Crippen LogP contribution in [0.25, 0.3) is 0 Å². The molecule has 0 bridgehead atoms. The van der Waals surface area contributed by atoms with Crippen LogP contribution in [0.5, 0.6) is 0 Å². The molecule has 5 nitrogen and oxygen atoms in total. The van der Waals surface area contributed by atoms with Crippen molar-refractivity contribution in [2.24, 2.45) is 9.98 Å². The van der Waals surface area contributed by atoms with E-state index in [1.165, 1.54) is 18.6 Å². The minimum atomic E-state index is -0.387. The number of non-ortho nitro benzene ring substituents is 1. The molecule has 17 heavy (non-hydrogen) atoms.